The molecule has 17 heavy (non-hydrogen) atoms. The Morgan fingerprint density at radius 1 is 1.06 bits per heavy atom. The van der Waals surface area contributed by atoms with E-state index in [2.05, 4.69) is 11.8 Å². The fraction of sp³-hybridized carbons (Fsp3) is 0.133. The van der Waals surface area contributed by atoms with E-state index in [9.17, 15) is 0 Å². The Bertz CT molecular complexity index is 538. The third-order valence-corrected chi connectivity index (χ3v) is 2.51. The first-order valence-corrected chi connectivity index (χ1v) is 5.56. The van der Waals surface area contributed by atoms with E-state index in [1.54, 1.807) is 12.1 Å². The van der Waals surface area contributed by atoms with Crippen molar-refractivity contribution in [3.8, 4) is 11.5 Å². The van der Waals surface area contributed by atoms with Gasteiger partial charge in [-0.2, -0.15) is 0 Å². The molecule has 0 atom stereocenters. The Hall–Kier alpha value is -2.27. The maximum Gasteiger partial charge on any atom is 0.190 e. The second-order valence-corrected chi connectivity index (χ2v) is 3.71. The van der Waals surface area contributed by atoms with Crippen LogP contribution in [0.25, 0.3) is 4.85 Å². The van der Waals surface area contributed by atoms with E-state index in [1.165, 1.54) is 5.56 Å². The third kappa shape index (κ3) is 2.85. The summed E-state index contributed by atoms with van der Waals surface area (Å²) < 4.78 is 5.68. The quantitative estimate of drug-likeness (QED) is 0.694. The molecule has 2 heteroatoms. The molecule has 0 heterocycles. The van der Waals surface area contributed by atoms with Crippen molar-refractivity contribution in [2.75, 3.05) is 0 Å². The van der Waals surface area contributed by atoms with Crippen LogP contribution in [-0.4, -0.2) is 0 Å². The normalized spacial score (nSPS) is 9.65. The van der Waals surface area contributed by atoms with Gasteiger partial charge in [-0.3, -0.25) is 0 Å². The first kappa shape index (κ1) is 11.2. The lowest BCUT2D eigenvalue weighted by Crippen LogP contribution is -1.84. The summed E-state index contributed by atoms with van der Waals surface area (Å²) in [7, 11) is 0. The van der Waals surface area contributed by atoms with Crippen LogP contribution >= 0.6 is 0 Å². The Balaban J connectivity index is 2.16. The molecule has 2 aromatic rings. The molecule has 0 aliphatic carbocycles. The summed E-state index contributed by atoms with van der Waals surface area (Å²) in [5, 5.41) is 0. The van der Waals surface area contributed by atoms with Gasteiger partial charge in [-0.25, -0.2) is 4.85 Å². The van der Waals surface area contributed by atoms with Crippen LogP contribution in [0, 0.1) is 6.57 Å². The molecule has 84 valence electrons. The van der Waals surface area contributed by atoms with Gasteiger partial charge in [-0.05, 0) is 36.2 Å². The number of hydrogen-bond donors (Lipinski definition) is 0. The molecule has 0 bridgehead atoms. The van der Waals surface area contributed by atoms with Crippen molar-refractivity contribution in [2.45, 2.75) is 13.3 Å². The molecule has 0 spiro atoms. The lowest BCUT2D eigenvalue weighted by molar-refractivity contribution is 0.483. The summed E-state index contributed by atoms with van der Waals surface area (Å²) in [6.07, 6.45) is 1.02. The van der Waals surface area contributed by atoms with E-state index in [4.69, 9.17) is 11.3 Å². The first-order chi connectivity index (χ1) is 8.31. The van der Waals surface area contributed by atoms with Gasteiger partial charge in [0.2, 0.25) is 0 Å². The Morgan fingerprint density at radius 3 is 2.47 bits per heavy atom. The average Bonchev–Trinajstić information content (AvgIpc) is 2.40. The van der Waals surface area contributed by atoms with Gasteiger partial charge in [0, 0.05) is 0 Å². The second-order valence-electron chi connectivity index (χ2n) is 3.71. The zero-order chi connectivity index (χ0) is 12.1. The van der Waals surface area contributed by atoms with E-state index >= 15 is 0 Å². The molecule has 0 aliphatic heterocycles. The molecule has 0 unspecified atom stereocenters. The lowest BCUT2D eigenvalue weighted by atomic mass is 10.2. The smallest absolute Gasteiger partial charge is 0.190 e. The zero-order valence-corrected chi connectivity index (χ0v) is 9.68. The fourth-order valence-electron chi connectivity index (χ4n) is 1.55. The summed E-state index contributed by atoms with van der Waals surface area (Å²) in [6.45, 7) is 9.06. The monoisotopic (exact) mass is 223 g/mol. The SMILES string of the molecule is [C-]#[N+]c1cccc(Oc2ccc(CC)cc2)c1. The number of nitrogens with zero attached hydrogens (tertiary/aromatic N) is 1. The number of hydrogen-bond acceptors (Lipinski definition) is 1. The highest BCUT2D eigenvalue weighted by Gasteiger charge is 1.98. The van der Waals surface area contributed by atoms with E-state index in [1.807, 2.05) is 36.4 Å². The molecule has 0 fully saturated rings. The van der Waals surface area contributed by atoms with E-state index in [0.29, 0.717) is 11.4 Å². The van der Waals surface area contributed by atoms with Gasteiger partial charge in [0.05, 0.1) is 6.57 Å². The van der Waals surface area contributed by atoms with Gasteiger partial charge in [0.1, 0.15) is 11.5 Å². The van der Waals surface area contributed by atoms with Gasteiger partial charge in [-0.15, -0.1) is 0 Å². The molecule has 0 aliphatic rings. The summed E-state index contributed by atoms with van der Waals surface area (Å²) in [5.41, 5.74) is 1.87. The van der Waals surface area contributed by atoms with E-state index in [-0.39, 0.29) is 0 Å². The number of aryl methyl sites for hydroxylation is 1. The zero-order valence-electron chi connectivity index (χ0n) is 9.68. The highest BCUT2D eigenvalue weighted by atomic mass is 16.5. The van der Waals surface area contributed by atoms with Crippen LogP contribution < -0.4 is 4.74 Å². The minimum atomic E-state index is 0.590. The maximum absolute atomic E-state index is 6.94. The summed E-state index contributed by atoms with van der Waals surface area (Å²) >= 11 is 0. The maximum atomic E-state index is 6.94. The topological polar surface area (TPSA) is 13.6 Å². The molecule has 2 rings (SSSR count). The van der Waals surface area contributed by atoms with Crippen molar-refractivity contribution < 1.29 is 4.74 Å². The van der Waals surface area contributed by atoms with Crippen LogP contribution in [0.1, 0.15) is 12.5 Å². The van der Waals surface area contributed by atoms with Crippen LogP contribution in [0.15, 0.2) is 48.5 Å². The minimum Gasteiger partial charge on any atom is -0.459 e. The van der Waals surface area contributed by atoms with Crippen LogP contribution in [0.4, 0.5) is 5.69 Å². The summed E-state index contributed by atoms with van der Waals surface area (Å²) in [6, 6.07) is 15.2. The van der Waals surface area contributed by atoms with Crippen LogP contribution in [0.5, 0.6) is 11.5 Å². The van der Waals surface area contributed by atoms with Gasteiger partial charge in [0.25, 0.3) is 0 Å². The summed E-state index contributed by atoms with van der Waals surface area (Å²) in [5.74, 6) is 1.49. The fourth-order valence-corrected chi connectivity index (χ4v) is 1.55. The lowest BCUT2D eigenvalue weighted by Gasteiger charge is -2.06. The molecule has 0 saturated carbocycles. The van der Waals surface area contributed by atoms with Crippen molar-refractivity contribution in [1.29, 1.82) is 0 Å². The molecule has 2 nitrogen and oxygen atoms in total. The second kappa shape index (κ2) is 5.18. The van der Waals surface area contributed by atoms with Crippen molar-refractivity contribution in [3.05, 3.63) is 65.5 Å². The molecule has 2 aromatic carbocycles. The van der Waals surface area contributed by atoms with Crippen LogP contribution in [0.3, 0.4) is 0 Å². The Kier molecular flexibility index (Phi) is 3.42. The van der Waals surface area contributed by atoms with Crippen LogP contribution in [-0.2, 0) is 6.42 Å². The van der Waals surface area contributed by atoms with Crippen LogP contribution in [0.2, 0.25) is 0 Å². The predicted molar refractivity (Wildman–Crippen MR) is 68.6 cm³/mol. The molecule has 0 aromatic heterocycles. The standard InChI is InChI=1S/C15H13NO/c1-3-12-7-9-14(10-8-12)17-15-6-4-5-13(11-15)16-2/h4-11H,3H2,1H3. The summed E-state index contributed by atoms with van der Waals surface area (Å²) in [4.78, 5) is 3.37. The highest BCUT2D eigenvalue weighted by Crippen LogP contribution is 2.25. The Morgan fingerprint density at radius 2 is 1.82 bits per heavy atom. The van der Waals surface area contributed by atoms with Gasteiger partial charge >= 0.3 is 0 Å². The average molecular weight is 223 g/mol. The molecule has 0 saturated heterocycles. The molecular weight excluding hydrogens is 210 g/mol. The highest BCUT2D eigenvalue weighted by molar-refractivity contribution is 5.49. The predicted octanol–water partition coefficient (Wildman–Crippen LogP) is 4.59. The number of benzene rings is 2. The van der Waals surface area contributed by atoms with Gasteiger partial charge in [0.15, 0.2) is 5.69 Å². The van der Waals surface area contributed by atoms with Crippen molar-refractivity contribution in [2.24, 2.45) is 0 Å². The molecular formula is C15H13NO. The van der Waals surface area contributed by atoms with E-state index in [0.717, 1.165) is 12.2 Å². The number of rotatable bonds is 3. The van der Waals surface area contributed by atoms with Crippen molar-refractivity contribution in [1.82, 2.24) is 0 Å². The minimum absolute atomic E-state index is 0.590. The largest absolute Gasteiger partial charge is 0.459 e. The Labute approximate surface area is 101 Å². The van der Waals surface area contributed by atoms with Gasteiger partial charge < -0.3 is 4.74 Å². The van der Waals surface area contributed by atoms with E-state index < -0.39 is 0 Å². The molecule has 0 radical (unpaired) electrons. The van der Waals surface area contributed by atoms with Gasteiger partial charge in [-0.1, -0.05) is 31.2 Å². The van der Waals surface area contributed by atoms with Crippen molar-refractivity contribution >= 4 is 5.69 Å². The molecule has 0 N–H and O–H groups in total. The third-order valence-electron chi connectivity index (χ3n) is 2.51. The first-order valence-electron chi connectivity index (χ1n) is 5.56. The molecule has 0 amide bonds. The number of ether oxygens (including phenoxy) is 1. The van der Waals surface area contributed by atoms with Crippen molar-refractivity contribution in [3.63, 3.8) is 0 Å².